The largest absolute Gasteiger partial charge is 0.387 e. The van der Waals surface area contributed by atoms with Gasteiger partial charge in [-0.3, -0.25) is 4.68 Å². The van der Waals surface area contributed by atoms with Crippen molar-refractivity contribution in [1.82, 2.24) is 19.6 Å². The van der Waals surface area contributed by atoms with E-state index in [1.165, 1.54) is 0 Å². The predicted molar refractivity (Wildman–Crippen MR) is 83.8 cm³/mol. The lowest BCUT2D eigenvalue weighted by atomic mass is 10.1. The topological polar surface area (TPSA) is 44.5 Å². The average Bonchev–Trinajstić information content (AvgIpc) is 2.72. The Hall–Kier alpha value is -0.430. The highest BCUT2D eigenvalue weighted by Crippen LogP contribution is 2.28. The number of aliphatic hydroxyl groups is 1. The summed E-state index contributed by atoms with van der Waals surface area (Å²) in [6, 6.07) is 0. The van der Waals surface area contributed by atoms with Crippen molar-refractivity contribution in [3.05, 3.63) is 15.9 Å². The Morgan fingerprint density at radius 1 is 1.25 bits per heavy atom. The van der Waals surface area contributed by atoms with Crippen LogP contribution in [-0.4, -0.2) is 64.5 Å². The van der Waals surface area contributed by atoms with Crippen molar-refractivity contribution in [2.45, 2.75) is 25.9 Å². The molecule has 1 atom stereocenters. The van der Waals surface area contributed by atoms with E-state index in [4.69, 9.17) is 0 Å². The molecule has 2 rings (SSSR count). The minimum atomic E-state index is -0.490. The van der Waals surface area contributed by atoms with E-state index in [9.17, 15) is 5.11 Å². The van der Waals surface area contributed by atoms with E-state index in [-0.39, 0.29) is 0 Å². The lowest BCUT2D eigenvalue weighted by Gasteiger charge is -2.32. The van der Waals surface area contributed by atoms with Gasteiger partial charge in [0, 0.05) is 39.8 Å². The molecule has 0 saturated carbocycles. The van der Waals surface area contributed by atoms with Crippen molar-refractivity contribution < 1.29 is 5.11 Å². The molecule has 1 fully saturated rings. The van der Waals surface area contributed by atoms with Gasteiger partial charge in [-0.05, 0) is 35.8 Å². The SMILES string of the molecule is CCc1c(Br)c([C@H](O)CCN2CCN(C)CC2)nn1C. The second-order valence-corrected chi connectivity index (χ2v) is 6.37. The normalized spacial score (nSPS) is 19.4. The van der Waals surface area contributed by atoms with Gasteiger partial charge >= 0.3 is 0 Å². The third kappa shape index (κ3) is 3.61. The Balaban J connectivity index is 1.90. The van der Waals surface area contributed by atoms with Gasteiger partial charge in [0.05, 0.1) is 10.2 Å². The molecule has 0 spiro atoms. The third-order valence-corrected chi connectivity index (χ3v) is 4.96. The summed E-state index contributed by atoms with van der Waals surface area (Å²) >= 11 is 3.57. The van der Waals surface area contributed by atoms with Gasteiger partial charge in [-0.15, -0.1) is 0 Å². The number of aromatic nitrogens is 2. The van der Waals surface area contributed by atoms with E-state index in [0.29, 0.717) is 0 Å². The smallest absolute Gasteiger partial charge is 0.105 e. The van der Waals surface area contributed by atoms with Crippen molar-refractivity contribution in [3.8, 4) is 0 Å². The molecular weight excluding hydrogens is 320 g/mol. The second-order valence-electron chi connectivity index (χ2n) is 5.57. The molecule has 1 aliphatic rings. The first-order chi connectivity index (χ1) is 9.52. The van der Waals surface area contributed by atoms with Crippen LogP contribution >= 0.6 is 15.9 Å². The van der Waals surface area contributed by atoms with Crippen LogP contribution in [0.2, 0.25) is 0 Å². The highest BCUT2D eigenvalue weighted by Gasteiger charge is 2.21. The van der Waals surface area contributed by atoms with Crippen LogP contribution in [0.4, 0.5) is 0 Å². The monoisotopic (exact) mass is 344 g/mol. The Kier molecular flexibility index (Phi) is 5.60. The zero-order chi connectivity index (χ0) is 14.7. The molecule has 6 heteroatoms. The standard InChI is InChI=1S/C14H25BrN4O/c1-4-11-13(15)14(16-18(11)3)12(20)5-6-19-9-7-17(2)8-10-19/h12,20H,4-10H2,1-3H3/t12-/m1/s1. The number of aryl methyl sites for hydroxylation is 1. The summed E-state index contributed by atoms with van der Waals surface area (Å²) < 4.78 is 2.83. The van der Waals surface area contributed by atoms with Gasteiger partial charge in [-0.25, -0.2) is 0 Å². The molecule has 5 nitrogen and oxygen atoms in total. The minimum Gasteiger partial charge on any atom is -0.387 e. The van der Waals surface area contributed by atoms with Crippen LogP contribution in [0, 0.1) is 0 Å². The summed E-state index contributed by atoms with van der Waals surface area (Å²) in [4.78, 5) is 4.76. The highest BCUT2D eigenvalue weighted by atomic mass is 79.9. The molecule has 1 aromatic heterocycles. The average molecular weight is 345 g/mol. The Morgan fingerprint density at radius 2 is 1.90 bits per heavy atom. The molecule has 0 aromatic carbocycles. The summed E-state index contributed by atoms with van der Waals surface area (Å²) in [5.41, 5.74) is 1.91. The van der Waals surface area contributed by atoms with Gasteiger partial charge in [-0.2, -0.15) is 5.10 Å². The molecule has 0 unspecified atom stereocenters. The molecule has 1 aliphatic heterocycles. The van der Waals surface area contributed by atoms with Crippen LogP contribution in [0.15, 0.2) is 4.47 Å². The Labute approximate surface area is 129 Å². The number of likely N-dealkylation sites (N-methyl/N-ethyl adjacent to an activating group) is 1. The Morgan fingerprint density at radius 3 is 2.45 bits per heavy atom. The van der Waals surface area contributed by atoms with Gasteiger partial charge < -0.3 is 14.9 Å². The van der Waals surface area contributed by atoms with Crippen LogP contribution in [0.5, 0.6) is 0 Å². The van der Waals surface area contributed by atoms with Crippen LogP contribution in [0.1, 0.15) is 30.8 Å². The van der Waals surface area contributed by atoms with Crippen molar-refractivity contribution in [3.63, 3.8) is 0 Å². The highest BCUT2D eigenvalue weighted by molar-refractivity contribution is 9.10. The lowest BCUT2D eigenvalue weighted by molar-refractivity contribution is 0.110. The van der Waals surface area contributed by atoms with Crippen LogP contribution < -0.4 is 0 Å². The molecule has 20 heavy (non-hydrogen) atoms. The number of hydrogen-bond donors (Lipinski definition) is 1. The van der Waals surface area contributed by atoms with E-state index in [1.54, 1.807) is 0 Å². The molecule has 1 N–H and O–H groups in total. The van der Waals surface area contributed by atoms with Crippen LogP contribution in [0.25, 0.3) is 0 Å². The maximum absolute atomic E-state index is 10.4. The third-order valence-electron chi connectivity index (χ3n) is 4.09. The van der Waals surface area contributed by atoms with Gasteiger partial charge in [0.15, 0.2) is 0 Å². The van der Waals surface area contributed by atoms with Gasteiger partial charge in [0.2, 0.25) is 0 Å². The quantitative estimate of drug-likeness (QED) is 0.877. The summed E-state index contributed by atoms with van der Waals surface area (Å²) in [5, 5.41) is 14.8. The fourth-order valence-electron chi connectivity index (χ4n) is 2.67. The summed E-state index contributed by atoms with van der Waals surface area (Å²) in [5.74, 6) is 0. The number of piperazine rings is 1. The number of rotatable bonds is 5. The fourth-order valence-corrected chi connectivity index (χ4v) is 3.55. The van der Waals surface area contributed by atoms with Crippen molar-refractivity contribution in [2.24, 2.45) is 7.05 Å². The molecule has 1 aromatic rings. The Bertz CT molecular complexity index is 441. The first kappa shape index (κ1) is 15.9. The van der Waals surface area contributed by atoms with Gasteiger partial charge in [-0.1, -0.05) is 6.92 Å². The van der Waals surface area contributed by atoms with Crippen LogP contribution in [0.3, 0.4) is 0 Å². The summed E-state index contributed by atoms with van der Waals surface area (Å²) in [7, 11) is 4.09. The lowest BCUT2D eigenvalue weighted by Crippen LogP contribution is -2.44. The number of nitrogens with zero attached hydrogens (tertiary/aromatic N) is 4. The van der Waals surface area contributed by atoms with Crippen molar-refractivity contribution >= 4 is 15.9 Å². The van der Waals surface area contributed by atoms with Crippen LogP contribution in [-0.2, 0) is 13.5 Å². The fraction of sp³-hybridized carbons (Fsp3) is 0.786. The van der Waals surface area contributed by atoms with Crippen molar-refractivity contribution in [2.75, 3.05) is 39.8 Å². The van der Waals surface area contributed by atoms with Gasteiger partial charge in [0.1, 0.15) is 11.8 Å². The molecule has 0 amide bonds. The molecule has 2 heterocycles. The summed E-state index contributed by atoms with van der Waals surface area (Å²) in [6.45, 7) is 7.44. The second kappa shape index (κ2) is 7.02. The van der Waals surface area contributed by atoms with E-state index in [1.807, 2.05) is 11.7 Å². The molecular formula is C14H25BrN4O. The molecule has 114 valence electrons. The maximum Gasteiger partial charge on any atom is 0.105 e. The van der Waals surface area contributed by atoms with Crippen molar-refractivity contribution in [1.29, 1.82) is 0 Å². The number of halogens is 1. The summed E-state index contributed by atoms with van der Waals surface area (Å²) in [6.07, 6.45) is 1.16. The first-order valence-electron chi connectivity index (χ1n) is 7.33. The molecule has 0 aliphatic carbocycles. The minimum absolute atomic E-state index is 0.490. The molecule has 1 saturated heterocycles. The van der Waals surface area contributed by atoms with E-state index >= 15 is 0 Å². The molecule has 0 radical (unpaired) electrons. The van der Waals surface area contributed by atoms with E-state index < -0.39 is 6.10 Å². The number of hydrogen-bond acceptors (Lipinski definition) is 4. The first-order valence-corrected chi connectivity index (χ1v) is 8.12. The predicted octanol–water partition coefficient (Wildman–Crippen LogP) is 1.42. The van der Waals surface area contributed by atoms with Gasteiger partial charge in [0.25, 0.3) is 0 Å². The van der Waals surface area contributed by atoms with E-state index in [2.05, 4.69) is 44.8 Å². The van der Waals surface area contributed by atoms with E-state index in [0.717, 1.165) is 61.4 Å². The molecule has 0 bridgehead atoms. The zero-order valence-corrected chi connectivity index (χ0v) is 14.2. The zero-order valence-electron chi connectivity index (χ0n) is 12.6. The number of aliphatic hydroxyl groups excluding tert-OH is 1. The maximum atomic E-state index is 10.4.